The molecule has 0 aliphatic heterocycles. The van der Waals surface area contributed by atoms with Crippen molar-refractivity contribution in [2.75, 3.05) is 20.6 Å². The molecule has 0 aromatic heterocycles. The first-order valence-electron chi connectivity index (χ1n) is 6.22. The van der Waals surface area contributed by atoms with Crippen molar-refractivity contribution in [1.29, 1.82) is 0 Å². The summed E-state index contributed by atoms with van der Waals surface area (Å²) in [4.78, 5) is 2.14. The second-order valence-corrected chi connectivity index (χ2v) is 5.58. The molecule has 0 amide bonds. The van der Waals surface area contributed by atoms with Crippen molar-refractivity contribution in [3.63, 3.8) is 0 Å². The van der Waals surface area contributed by atoms with E-state index in [0.717, 1.165) is 12.1 Å². The Morgan fingerprint density at radius 3 is 2.56 bits per heavy atom. The number of likely N-dealkylation sites (N-methyl/N-ethyl adjacent to an activating group) is 1. The lowest BCUT2D eigenvalue weighted by Crippen LogP contribution is -2.41. The van der Waals surface area contributed by atoms with E-state index in [2.05, 4.69) is 24.1 Å². The Morgan fingerprint density at radius 1 is 1.33 bits per heavy atom. The molecule has 2 nitrogen and oxygen atoms in total. The van der Waals surface area contributed by atoms with Crippen LogP contribution in [0.4, 0.5) is 4.39 Å². The second kappa shape index (κ2) is 7.07. The van der Waals surface area contributed by atoms with E-state index in [-0.39, 0.29) is 10.8 Å². The highest BCUT2D eigenvalue weighted by Crippen LogP contribution is 2.19. The Hall–Kier alpha value is -0.640. The van der Waals surface area contributed by atoms with Crippen LogP contribution in [-0.4, -0.2) is 31.6 Å². The molecule has 4 heteroatoms. The highest BCUT2D eigenvalue weighted by Gasteiger charge is 2.14. The van der Waals surface area contributed by atoms with E-state index in [1.54, 1.807) is 6.07 Å². The summed E-state index contributed by atoms with van der Waals surface area (Å²) in [5.41, 5.74) is 0.807. The molecule has 0 saturated heterocycles. The van der Waals surface area contributed by atoms with Crippen LogP contribution in [0, 0.1) is 11.7 Å². The topological polar surface area (TPSA) is 15.3 Å². The summed E-state index contributed by atoms with van der Waals surface area (Å²) < 4.78 is 13.3. The average molecular weight is 273 g/mol. The molecule has 1 aromatic rings. The van der Waals surface area contributed by atoms with Crippen LogP contribution in [0.15, 0.2) is 18.2 Å². The van der Waals surface area contributed by atoms with Crippen molar-refractivity contribution in [1.82, 2.24) is 10.2 Å². The van der Waals surface area contributed by atoms with E-state index in [1.165, 1.54) is 6.07 Å². The smallest absolute Gasteiger partial charge is 0.142 e. The van der Waals surface area contributed by atoms with Crippen molar-refractivity contribution in [3.05, 3.63) is 34.6 Å². The van der Waals surface area contributed by atoms with Crippen LogP contribution in [0.1, 0.15) is 19.4 Å². The minimum atomic E-state index is -0.357. The number of nitrogens with one attached hydrogen (secondary N) is 1. The Bertz CT molecular complexity index is 380. The number of hydrogen-bond acceptors (Lipinski definition) is 2. The first kappa shape index (κ1) is 15.4. The van der Waals surface area contributed by atoms with Gasteiger partial charge in [0.1, 0.15) is 5.82 Å². The third-order valence-corrected chi connectivity index (χ3v) is 3.38. The van der Waals surface area contributed by atoms with Gasteiger partial charge in [0.2, 0.25) is 0 Å². The van der Waals surface area contributed by atoms with Gasteiger partial charge in [-0.25, -0.2) is 4.39 Å². The van der Waals surface area contributed by atoms with Crippen LogP contribution >= 0.6 is 11.6 Å². The zero-order valence-corrected chi connectivity index (χ0v) is 12.3. The number of nitrogens with zero attached hydrogens (tertiary/aromatic N) is 1. The molecule has 0 saturated carbocycles. The molecule has 102 valence electrons. The van der Waals surface area contributed by atoms with Gasteiger partial charge in [-0.2, -0.15) is 0 Å². The maximum atomic E-state index is 13.3. The molecule has 18 heavy (non-hydrogen) atoms. The van der Waals surface area contributed by atoms with Gasteiger partial charge >= 0.3 is 0 Å². The van der Waals surface area contributed by atoms with E-state index in [0.29, 0.717) is 18.5 Å². The van der Waals surface area contributed by atoms with Gasteiger partial charge in [0, 0.05) is 19.1 Å². The number of halogens is 2. The van der Waals surface area contributed by atoms with Crippen molar-refractivity contribution in [3.8, 4) is 0 Å². The van der Waals surface area contributed by atoms with Gasteiger partial charge in [-0.15, -0.1) is 0 Å². The fourth-order valence-corrected chi connectivity index (χ4v) is 2.02. The zero-order valence-electron chi connectivity index (χ0n) is 11.5. The molecule has 0 radical (unpaired) electrons. The molecule has 1 N–H and O–H groups in total. The summed E-state index contributed by atoms with van der Waals surface area (Å²) >= 11 is 5.94. The molecule has 0 spiro atoms. The van der Waals surface area contributed by atoms with Crippen molar-refractivity contribution >= 4 is 11.6 Å². The van der Waals surface area contributed by atoms with E-state index >= 15 is 0 Å². The Labute approximate surface area is 114 Å². The monoisotopic (exact) mass is 272 g/mol. The van der Waals surface area contributed by atoms with E-state index in [4.69, 9.17) is 11.6 Å². The standard InChI is InChI=1S/C14H22ClFN2/c1-10(2)13(9-18(3)4)17-8-11-6-5-7-12(16)14(11)15/h5-7,10,13,17H,8-9H2,1-4H3. The molecule has 1 aromatic carbocycles. The molecular formula is C14H22ClFN2. The van der Waals surface area contributed by atoms with E-state index < -0.39 is 0 Å². The third kappa shape index (κ3) is 4.56. The zero-order chi connectivity index (χ0) is 13.7. The Morgan fingerprint density at radius 2 is 2.00 bits per heavy atom. The maximum Gasteiger partial charge on any atom is 0.142 e. The fraction of sp³-hybridized carbons (Fsp3) is 0.571. The summed E-state index contributed by atoms with van der Waals surface area (Å²) in [6, 6.07) is 5.28. The van der Waals surface area contributed by atoms with Gasteiger partial charge in [-0.1, -0.05) is 37.6 Å². The van der Waals surface area contributed by atoms with Crippen LogP contribution in [-0.2, 0) is 6.54 Å². The van der Waals surface area contributed by atoms with Gasteiger partial charge in [-0.05, 0) is 31.6 Å². The molecule has 0 heterocycles. The predicted molar refractivity (Wildman–Crippen MR) is 75.4 cm³/mol. The fourth-order valence-electron chi connectivity index (χ4n) is 1.83. The molecule has 0 aliphatic rings. The highest BCUT2D eigenvalue weighted by molar-refractivity contribution is 6.31. The molecule has 1 rings (SSSR count). The molecule has 1 unspecified atom stereocenters. The number of hydrogen-bond donors (Lipinski definition) is 1. The van der Waals surface area contributed by atoms with E-state index in [1.807, 2.05) is 20.2 Å². The van der Waals surface area contributed by atoms with Crippen molar-refractivity contribution in [2.45, 2.75) is 26.4 Å². The largest absolute Gasteiger partial charge is 0.308 e. The van der Waals surface area contributed by atoms with Gasteiger partial charge in [0.05, 0.1) is 5.02 Å². The second-order valence-electron chi connectivity index (χ2n) is 5.21. The quantitative estimate of drug-likeness (QED) is 0.856. The summed E-state index contributed by atoms with van der Waals surface area (Å²) in [6.45, 7) is 5.89. The molecule has 1 atom stereocenters. The van der Waals surface area contributed by atoms with Crippen LogP contribution in [0.2, 0.25) is 5.02 Å². The van der Waals surface area contributed by atoms with Crippen LogP contribution in [0.3, 0.4) is 0 Å². The maximum absolute atomic E-state index is 13.3. The van der Waals surface area contributed by atoms with Crippen LogP contribution < -0.4 is 5.32 Å². The minimum absolute atomic E-state index is 0.220. The van der Waals surface area contributed by atoms with Gasteiger partial charge in [-0.3, -0.25) is 0 Å². The Balaban J connectivity index is 2.64. The first-order chi connectivity index (χ1) is 8.41. The predicted octanol–water partition coefficient (Wildman–Crippen LogP) is 3.15. The van der Waals surface area contributed by atoms with Gasteiger partial charge in [0.15, 0.2) is 0 Å². The minimum Gasteiger partial charge on any atom is -0.308 e. The summed E-state index contributed by atoms with van der Waals surface area (Å²) in [5, 5.41) is 3.66. The molecule has 0 fully saturated rings. The summed E-state index contributed by atoms with van der Waals surface area (Å²) in [5.74, 6) is 0.157. The number of benzene rings is 1. The third-order valence-electron chi connectivity index (χ3n) is 2.95. The van der Waals surface area contributed by atoms with Crippen molar-refractivity contribution < 1.29 is 4.39 Å². The SMILES string of the molecule is CC(C)C(CN(C)C)NCc1cccc(F)c1Cl. The lowest BCUT2D eigenvalue weighted by Gasteiger charge is -2.26. The highest BCUT2D eigenvalue weighted by atomic mass is 35.5. The van der Waals surface area contributed by atoms with Crippen molar-refractivity contribution in [2.24, 2.45) is 5.92 Å². The normalized spacial score (nSPS) is 13.3. The van der Waals surface area contributed by atoms with Gasteiger partial charge < -0.3 is 10.2 Å². The summed E-state index contributed by atoms with van der Waals surface area (Å²) in [6.07, 6.45) is 0. The van der Waals surface area contributed by atoms with Crippen LogP contribution in [0.5, 0.6) is 0 Å². The summed E-state index contributed by atoms with van der Waals surface area (Å²) in [7, 11) is 4.10. The Kier molecular flexibility index (Phi) is 6.06. The molecule has 0 aliphatic carbocycles. The number of rotatable bonds is 6. The lowest BCUT2D eigenvalue weighted by atomic mass is 10.0. The van der Waals surface area contributed by atoms with E-state index in [9.17, 15) is 4.39 Å². The first-order valence-corrected chi connectivity index (χ1v) is 6.60. The molecule has 0 bridgehead atoms. The van der Waals surface area contributed by atoms with Crippen LogP contribution in [0.25, 0.3) is 0 Å². The average Bonchev–Trinajstić information content (AvgIpc) is 2.28. The van der Waals surface area contributed by atoms with Gasteiger partial charge in [0.25, 0.3) is 0 Å². The lowest BCUT2D eigenvalue weighted by molar-refractivity contribution is 0.288. The molecular weight excluding hydrogens is 251 g/mol.